The number of halogens is 6. The molecular weight excluding hydrogens is 568 g/mol. The molecule has 5 atom stereocenters. The van der Waals surface area contributed by atoms with E-state index in [0.717, 1.165) is 58.0 Å². The topological polar surface area (TPSA) is 130 Å². The molecule has 4 fully saturated rings. The summed E-state index contributed by atoms with van der Waals surface area (Å²) in [5.74, 6) is -3.40. The third kappa shape index (κ3) is 8.52. The summed E-state index contributed by atoms with van der Waals surface area (Å²) in [6.45, 7) is 6.86. The molecule has 16 heteroatoms. The number of carboxylic acids is 2. The number of carbonyl (C=O) groups is 3. The molecule has 3 aliphatic heterocycles. The van der Waals surface area contributed by atoms with E-state index in [2.05, 4.69) is 27.9 Å². The number of hydrogen-bond donors (Lipinski definition) is 2. The van der Waals surface area contributed by atoms with Gasteiger partial charge in [0, 0.05) is 55.8 Å². The lowest BCUT2D eigenvalue weighted by molar-refractivity contribution is -0.193. The fourth-order valence-electron chi connectivity index (χ4n) is 5.70. The van der Waals surface area contributed by atoms with E-state index in [1.165, 1.54) is 0 Å². The molecule has 1 amide bonds. The van der Waals surface area contributed by atoms with Crippen molar-refractivity contribution in [3.05, 3.63) is 30.1 Å². The van der Waals surface area contributed by atoms with Crippen molar-refractivity contribution < 1.29 is 60.4 Å². The van der Waals surface area contributed by atoms with Gasteiger partial charge in [-0.25, -0.2) is 9.59 Å². The number of rotatable bonds is 5. The number of aromatic nitrogens is 1. The van der Waals surface area contributed by atoms with Crippen LogP contribution in [0.1, 0.15) is 12.0 Å². The largest absolute Gasteiger partial charge is 0.490 e. The summed E-state index contributed by atoms with van der Waals surface area (Å²) in [4.78, 5) is 39.5. The van der Waals surface area contributed by atoms with Crippen molar-refractivity contribution in [3.63, 3.8) is 0 Å². The Balaban J connectivity index is 0.000000276. The number of likely N-dealkylation sites (tertiary alicyclic amines) is 2. The maximum atomic E-state index is 13.0. The Kier molecular flexibility index (Phi) is 10.2. The van der Waals surface area contributed by atoms with E-state index in [1.54, 1.807) is 6.20 Å². The van der Waals surface area contributed by atoms with Gasteiger partial charge in [0.1, 0.15) is 0 Å². The third-order valence-electron chi connectivity index (χ3n) is 7.71. The Morgan fingerprint density at radius 1 is 1.07 bits per heavy atom. The van der Waals surface area contributed by atoms with E-state index >= 15 is 0 Å². The second-order valence-electron chi connectivity index (χ2n) is 10.6. The molecule has 2 N–H and O–H groups in total. The predicted molar refractivity (Wildman–Crippen MR) is 127 cm³/mol. The smallest absolute Gasteiger partial charge is 0.475 e. The first-order valence-electron chi connectivity index (χ1n) is 12.7. The van der Waals surface area contributed by atoms with Crippen LogP contribution < -0.4 is 0 Å². The standard InChI is InChI=1S/C21H29N3O3.2C2HF3O2/c1-23-8-16(10-26-9-15-3-2-5-22-7-15)21(13-23)4-6-24(14-21)20(25)19-17-11-27-12-18(17)19;2*3-2(4,5)1(6)7/h2-3,5,7,16-19H,4,6,8-14H2,1H3;2*(H,6,7)/t16-,17-,18+,19?,21+;;/m0../s1. The van der Waals surface area contributed by atoms with Crippen LogP contribution in [0.15, 0.2) is 24.5 Å². The van der Waals surface area contributed by atoms with E-state index < -0.39 is 24.3 Å². The van der Waals surface area contributed by atoms with Crippen molar-refractivity contribution in [1.82, 2.24) is 14.8 Å². The van der Waals surface area contributed by atoms with Gasteiger partial charge < -0.3 is 29.5 Å². The SMILES string of the molecule is CN1C[C@@H](COCc2cccnc2)[C@]2(CCN(C(=O)C3[C@H]4COC[C@@H]34)C2)C1.O=C(O)C(F)(F)F.O=C(O)C(F)(F)F. The summed E-state index contributed by atoms with van der Waals surface area (Å²) < 4.78 is 75.0. The predicted octanol–water partition coefficient (Wildman–Crippen LogP) is 2.54. The van der Waals surface area contributed by atoms with E-state index in [4.69, 9.17) is 29.3 Å². The molecule has 10 nitrogen and oxygen atoms in total. The summed E-state index contributed by atoms with van der Waals surface area (Å²) in [7, 11) is 2.19. The molecule has 1 aliphatic carbocycles. The van der Waals surface area contributed by atoms with Gasteiger partial charge in [0.2, 0.25) is 5.91 Å². The zero-order chi connectivity index (χ0) is 30.6. The van der Waals surface area contributed by atoms with Crippen molar-refractivity contribution >= 4 is 17.8 Å². The highest BCUT2D eigenvalue weighted by Gasteiger charge is 2.60. The number of carbonyl (C=O) groups excluding carboxylic acids is 1. The number of alkyl halides is 6. The highest BCUT2D eigenvalue weighted by molar-refractivity contribution is 5.83. The zero-order valence-corrected chi connectivity index (χ0v) is 22.0. The molecule has 4 aliphatic rings. The van der Waals surface area contributed by atoms with Crippen LogP contribution >= 0.6 is 0 Å². The van der Waals surface area contributed by atoms with Crippen LogP contribution in [0.5, 0.6) is 0 Å². The molecule has 41 heavy (non-hydrogen) atoms. The number of pyridine rings is 1. The van der Waals surface area contributed by atoms with E-state index in [-0.39, 0.29) is 11.3 Å². The first-order valence-corrected chi connectivity index (χ1v) is 12.7. The van der Waals surface area contributed by atoms with Crippen LogP contribution in [0.4, 0.5) is 26.3 Å². The summed E-state index contributed by atoms with van der Waals surface area (Å²) in [5.41, 5.74) is 1.31. The average molecular weight is 600 g/mol. The molecule has 0 bridgehead atoms. The quantitative estimate of drug-likeness (QED) is 0.491. The molecule has 1 aromatic heterocycles. The Morgan fingerprint density at radius 2 is 1.66 bits per heavy atom. The minimum atomic E-state index is -5.08. The second-order valence-corrected chi connectivity index (χ2v) is 10.6. The summed E-state index contributed by atoms with van der Waals surface area (Å²) >= 11 is 0. The molecule has 1 spiro atoms. The molecule has 3 saturated heterocycles. The van der Waals surface area contributed by atoms with Gasteiger partial charge in [-0.2, -0.15) is 26.3 Å². The summed E-state index contributed by atoms with van der Waals surface area (Å²) in [5, 5.41) is 14.2. The molecule has 0 radical (unpaired) electrons. The number of carboxylic acid groups (broad SMARTS) is 2. The van der Waals surface area contributed by atoms with Crippen molar-refractivity contribution in [2.45, 2.75) is 25.4 Å². The normalized spacial score (nSPS) is 28.8. The highest BCUT2D eigenvalue weighted by Crippen LogP contribution is 2.53. The number of ether oxygens (including phenoxy) is 2. The van der Waals surface area contributed by atoms with Gasteiger partial charge in [0.05, 0.1) is 26.4 Å². The van der Waals surface area contributed by atoms with Gasteiger partial charge in [-0.05, 0) is 36.9 Å². The van der Waals surface area contributed by atoms with Crippen LogP contribution in [0.25, 0.3) is 0 Å². The van der Waals surface area contributed by atoms with E-state index in [9.17, 15) is 31.1 Å². The van der Waals surface area contributed by atoms with Crippen molar-refractivity contribution in [2.24, 2.45) is 29.1 Å². The van der Waals surface area contributed by atoms with Gasteiger partial charge in [-0.3, -0.25) is 9.78 Å². The number of fused-ring (bicyclic) bond motifs is 1. The Bertz CT molecular complexity index is 1040. The molecular formula is C25H31F6N3O7. The maximum Gasteiger partial charge on any atom is 0.490 e. The van der Waals surface area contributed by atoms with Crippen LogP contribution in [0.2, 0.25) is 0 Å². The monoisotopic (exact) mass is 599 g/mol. The van der Waals surface area contributed by atoms with E-state index in [0.29, 0.717) is 30.3 Å². The molecule has 1 aromatic rings. The lowest BCUT2D eigenvalue weighted by Crippen LogP contribution is -2.39. The number of aliphatic carboxylic acids is 2. The number of nitrogens with zero attached hydrogens (tertiary/aromatic N) is 3. The van der Waals surface area contributed by atoms with Crippen molar-refractivity contribution in [3.8, 4) is 0 Å². The Labute approximate surface area is 231 Å². The Hall–Kier alpha value is -2.98. The number of amides is 1. The first kappa shape index (κ1) is 32.5. The van der Waals surface area contributed by atoms with Crippen molar-refractivity contribution in [2.75, 3.05) is 53.0 Å². The molecule has 230 valence electrons. The van der Waals surface area contributed by atoms with Crippen LogP contribution in [-0.2, 0) is 30.5 Å². The highest BCUT2D eigenvalue weighted by atomic mass is 19.4. The maximum absolute atomic E-state index is 13.0. The zero-order valence-electron chi connectivity index (χ0n) is 22.0. The molecule has 5 rings (SSSR count). The van der Waals surface area contributed by atoms with Gasteiger partial charge >= 0.3 is 24.3 Å². The minimum Gasteiger partial charge on any atom is -0.475 e. The fourth-order valence-corrected chi connectivity index (χ4v) is 5.70. The first-order chi connectivity index (χ1) is 19.0. The fraction of sp³-hybridized carbons (Fsp3) is 0.680. The lowest BCUT2D eigenvalue weighted by Gasteiger charge is -2.30. The van der Waals surface area contributed by atoms with Crippen LogP contribution in [0, 0.1) is 29.1 Å². The summed E-state index contributed by atoms with van der Waals surface area (Å²) in [6.07, 6.45) is -5.42. The van der Waals surface area contributed by atoms with Crippen molar-refractivity contribution in [1.29, 1.82) is 0 Å². The lowest BCUT2D eigenvalue weighted by atomic mass is 9.77. The van der Waals surface area contributed by atoms with Gasteiger partial charge in [-0.15, -0.1) is 0 Å². The molecule has 1 saturated carbocycles. The minimum absolute atomic E-state index is 0.194. The van der Waals surface area contributed by atoms with Crippen LogP contribution in [-0.4, -0.2) is 108 Å². The Morgan fingerprint density at radius 3 is 2.17 bits per heavy atom. The van der Waals surface area contributed by atoms with E-state index in [1.807, 2.05) is 12.3 Å². The van der Waals surface area contributed by atoms with Gasteiger partial charge in [0.15, 0.2) is 0 Å². The van der Waals surface area contributed by atoms with Gasteiger partial charge in [-0.1, -0.05) is 6.07 Å². The third-order valence-corrected chi connectivity index (χ3v) is 7.71. The summed E-state index contributed by atoms with van der Waals surface area (Å²) in [6, 6.07) is 4.00. The number of hydrogen-bond acceptors (Lipinski definition) is 7. The average Bonchev–Trinajstić information content (AvgIpc) is 3.23. The second kappa shape index (κ2) is 12.9. The molecule has 0 aromatic carbocycles. The molecule has 1 unspecified atom stereocenters. The molecule has 4 heterocycles. The van der Waals surface area contributed by atoms with Crippen LogP contribution in [0.3, 0.4) is 0 Å². The van der Waals surface area contributed by atoms with Gasteiger partial charge in [0.25, 0.3) is 0 Å².